The number of hydrogen-bond donors (Lipinski definition) is 3. The van der Waals surface area contributed by atoms with Crippen molar-refractivity contribution in [3.05, 3.63) is 70.3 Å². The molecule has 2 aromatic carbocycles. The normalized spacial score (nSPS) is 10.1. The standard InChI is InChI=1S/C18H20ClN3S/c1-11-8-9-15(10-12(11)2)14(4)21-22-18(23)20-17-7-5-6-16(19)13(17)3/h5-10,21H,4H2,1-3H3,(H2,20,22,23). The largest absolute Gasteiger partial charge is 0.331 e. The van der Waals surface area contributed by atoms with E-state index in [1.807, 2.05) is 31.2 Å². The van der Waals surface area contributed by atoms with Gasteiger partial charge in [0.15, 0.2) is 5.11 Å². The van der Waals surface area contributed by atoms with Crippen LogP contribution in [0.15, 0.2) is 43.0 Å². The van der Waals surface area contributed by atoms with E-state index in [1.54, 1.807) is 0 Å². The van der Waals surface area contributed by atoms with E-state index in [4.69, 9.17) is 23.8 Å². The molecule has 2 aromatic rings. The van der Waals surface area contributed by atoms with Gasteiger partial charge in [0.1, 0.15) is 0 Å². The number of halogens is 1. The molecule has 0 atom stereocenters. The Bertz CT molecular complexity index is 756. The van der Waals surface area contributed by atoms with Gasteiger partial charge in [0.2, 0.25) is 0 Å². The van der Waals surface area contributed by atoms with Crippen LogP contribution in [0.2, 0.25) is 5.02 Å². The fourth-order valence-corrected chi connectivity index (χ4v) is 2.37. The summed E-state index contributed by atoms with van der Waals surface area (Å²) in [5.74, 6) is 0. The van der Waals surface area contributed by atoms with Crippen LogP contribution >= 0.6 is 23.8 Å². The van der Waals surface area contributed by atoms with Gasteiger partial charge < -0.3 is 5.32 Å². The third-order valence-corrected chi connectivity index (χ3v) is 4.31. The molecule has 0 aliphatic carbocycles. The molecule has 0 saturated heterocycles. The first-order valence-corrected chi connectivity index (χ1v) is 8.01. The van der Waals surface area contributed by atoms with Gasteiger partial charge in [-0.05, 0) is 73.4 Å². The van der Waals surface area contributed by atoms with Crippen molar-refractivity contribution in [3.8, 4) is 0 Å². The van der Waals surface area contributed by atoms with Crippen molar-refractivity contribution in [1.82, 2.24) is 10.9 Å². The minimum Gasteiger partial charge on any atom is -0.331 e. The zero-order valence-corrected chi connectivity index (χ0v) is 15.0. The molecular weight excluding hydrogens is 326 g/mol. The summed E-state index contributed by atoms with van der Waals surface area (Å²) in [6.07, 6.45) is 0. The maximum atomic E-state index is 6.10. The molecule has 0 aromatic heterocycles. The number of thiocarbonyl (C=S) groups is 1. The highest BCUT2D eigenvalue weighted by Gasteiger charge is 2.05. The van der Waals surface area contributed by atoms with Crippen molar-refractivity contribution in [3.63, 3.8) is 0 Å². The number of benzene rings is 2. The van der Waals surface area contributed by atoms with E-state index in [2.05, 4.69) is 48.7 Å². The number of rotatable bonds is 4. The molecule has 0 amide bonds. The quantitative estimate of drug-likeness (QED) is 0.553. The summed E-state index contributed by atoms with van der Waals surface area (Å²) in [7, 11) is 0. The number of hydrogen-bond acceptors (Lipinski definition) is 2. The maximum Gasteiger partial charge on any atom is 0.189 e. The van der Waals surface area contributed by atoms with Crippen molar-refractivity contribution in [2.75, 3.05) is 5.32 Å². The Hall–Kier alpha value is -2.04. The summed E-state index contributed by atoms with van der Waals surface area (Å²) in [4.78, 5) is 0. The summed E-state index contributed by atoms with van der Waals surface area (Å²) in [5, 5.41) is 4.25. The van der Waals surface area contributed by atoms with Crippen LogP contribution in [0.5, 0.6) is 0 Å². The molecule has 0 spiro atoms. The average molecular weight is 346 g/mol. The SMILES string of the molecule is C=C(NNC(=S)Nc1cccc(Cl)c1C)c1ccc(C)c(C)c1. The molecule has 0 bridgehead atoms. The molecule has 2 rings (SSSR count). The molecule has 3 N–H and O–H groups in total. The van der Waals surface area contributed by atoms with Gasteiger partial charge in [0.05, 0.1) is 5.70 Å². The van der Waals surface area contributed by atoms with Gasteiger partial charge in [-0.15, -0.1) is 0 Å². The zero-order chi connectivity index (χ0) is 17.0. The molecule has 0 aliphatic heterocycles. The first-order chi connectivity index (χ1) is 10.9. The van der Waals surface area contributed by atoms with E-state index in [0.29, 0.717) is 10.1 Å². The third-order valence-electron chi connectivity index (χ3n) is 3.70. The number of aryl methyl sites for hydroxylation is 2. The van der Waals surface area contributed by atoms with Crippen molar-refractivity contribution < 1.29 is 0 Å². The second-order valence-corrected chi connectivity index (χ2v) is 6.21. The van der Waals surface area contributed by atoms with Crippen molar-refractivity contribution in [1.29, 1.82) is 0 Å². The van der Waals surface area contributed by atoms with Crippen LogP contribution in [-0.4, -0.2) is 5.11 Å². The third kappa shape index (κ3) is 4.47. The Morgan fingerprint density at radius 2 is 1.78 bits per heavy atom. The lowest BCUT2D eigenvalue weighted by Gasteiger charge is -2.16. The minimum atomic E-state index is 0.445. The average Bonchev–Trinajstić information content (AvgIpc) is 2.52. The van der Waals surface area contributed by atoms with Crippen LogP contribution < -0.4 is 16.2 Å². The van der Waals surface area contributed by atoms with Crippen molar-refractivity contribution in [2.24, 2.45) is 0 Å². The van der Waals surface area contributed by atoms with Gasteiger partial charge in [-0.2, -0.15) is 0 Å². The Kier molecular flexibility index (Phi) is 5.64. The number of anilines is 1. The van der Waals surface area contributed by atoms with Crippen molar-refractivity contribution in [2.45, 2.75) is 20.8 Å². The minimum absolute atomic E-state index is 0.445. The molecule has 0 fully saturated rings. The fourth-order valence-electron chi connectivity index (χ4n) is 2.03. The van der Waals surface area contributed by atoms with Gasteiger partial charge in [0.25, 0.3) is 0 Å². The molecule has 0 saturated carbocycles. The number of nitrogens with one attached hydrogen (secondary N) is 3. The molecule has 0 unspecified atom stereocenters. The van der Waals surface area contributed by atoms with Crippen LogP contribution in [-0.2, 0) is 0 Å². The first-order valence-electron chi connectivity index (χ1n) is 7.23. The predicted octanol–water partition coefficient (Wildman–Crippen LogP) is 4.73. The van der Waals surface area contributed by atoms with Gasteiger partial charge in [-0.3, -0.25) is 10.9 Å². The smallest absolute Gasteiger partial charge is 0.189 e. The van der Waals surface area contributed by atoms with Crippen LogP contribution in [0.25, 0.3) is 5.70 Å². The Morgan fingerprint density at radius 3 is 2.48 bits per heavy atom. The predicted molar refractivity (Wildman–Crippen MR) is 104 cm³/mol. The fraction of sp³-hybridized carbons (Fsp3) is 0.167. The van der Waals surface area contributed by atoms with Crippen LogP contribution in [0.1, 0.15) is 22.3 Å². The lowest BCUT2D eigenvalue weighted by molar-refractivity contribution is 0.850. The summed E-state index contributed by atoms with van der Waals surface area (Å²) in [5.41, 5.74) is 12.0. The summed E-state index contributed by atoms with van der Waals surface area (Å²) >= 11 is 11.4. The van der Waals surface area contributed by atoms with E-state index < -0.39 is 0 Å². The second-order valence-electron chi connectivity index (χ2n) is 5.39. The molecular formula is C18H20ClN3S. The Balaban J connectivity index is 1.94. The molecule has 120 valence electrons. The summed E-state index contributed by atoms with van der Waals surface area (Å²) < 4.78 is 0. The molecule has 0 radical (unpaired) electrons. The van der Waals surface area contributed by atoms with Gasteiger partial charge >= 0.3 is 0 Å². The lowest BCUT2D eigenvalue weighted by atomic mass is 10.1. The highest BCUT2D eigenvalue weighted by Crippen LogP contribution is 2.22. The van der Waals surface area contributed by atoms with E-state index >= 15 is 0 Å². The van der Waals surface area contributed by atoms with E-state index in [9.17, 15) is 0 Å². The van der Waals surface area contributed by atoms with Gasteiger partial charge in [0, 0.05) is 10.7 Å². The molecule has 3 nitrogen and oxygen atoms in total. The van der Waals surface area contributed by atoms with E-state index in [-0.39, 0.29) is 0 Å². The molecule has 5 heteroatoms. The highest BCUT2D eigenvalue weighted by atomic mass is 35.5. The van der Waals surface area contributed by atoms with Crippen LogP contribution in [0.3, 0.4) is 0 Å². The monoisotopic (exact) mass is 345 g/mol. The van der Waals surface area contributed by atoms with Crippen LogP contribution in [0.4, 0.5) is 5.69 Å². The summed E-state index contributed by atoms with van der Waals surface area (Å²) in [6.45, 7) is 10.1. The van der Waals surface area contributed by atoms with Gasteiger partial charge in [-0.25, -0.2) is 0 Å². The maximum absolute atomic E-state index is 6.10. The first kappa shape index (κ1) is 17.3. The summed E-state index contributed by atoms with van der Waals surface area (Å²) in [6, 6.07) is 11.8. The lowest BCUT2D eigenvalue weighted by Crippen LogP contribution is -2.38. The van der Waals surface area contributed by atoms with Crippen LogP contribution in [0, 0.1) is 20.8 Å². The molecule has 0 aliphatic rings. The Labute approximate surface area is 147 Å². The number of hydrazine groups is 1. The second kappa shape index (κ2) is 7.49. The highest BCUT2D eigenvalue weighted by molar-refractivity contribution is 7.80. The van der Waals surface area contributed by atoms with E-state index in [0.717, 1.165) is 22.5 Å². The molecule has 0 heterocycles. The zero-order valence-electron chi connectivity index (χ0n) is 13.5. The topological polar surface area (TPSA) is 36.1 Å². The molecule has 23 heavy (non-hydrogen) atoms. The van der Waals surface area contributed by atoms with E-state index in [1.165, 1.54) is 11.1 Å². The van der Waals surface area contributed by atoms with Crippen molar-refractivity contribution >= 4 is 40.3 Å². The van der Waals surface area contributed by atoms with Gasteiger partial charge in [-0.1, -0.05) is 36.4 Å². The Morgan fingerprint density at radius 1 is 1.04 bits per heavy atom.